The quantitative estimate of drug-likeness (QED) is 0.425. The molecule has 0 saturated carbocycles. The van der Waals surface area contributed by atoms with Crippen LogP contribution in [0.5, 0.6) is 0 Å². The van der Waals surface area contributed by atoms with Crippen LogP contribution in [-0.2, 0) is 0 Å². The van der Waals surface area contributed by atoms with Gasteiger partial charge in [-0.3, -0.25) is 0 Å². The molecule has 0 amide bonds. The number of allylic oxidation sites excluding steroid dienone is 4. The van der Waals surface area contributed by atoms with Crippen LogP contribution in [0.4, 0.5) is 4.39 Å². The molecule has 0 N–H and O–H groups in total. The second-order valence-corrected chi connectivity index (χ2v) is 8.94. The normalized spacial score (nSPS) is 26.4. The summed E-state index contributed by atoms with van der Waals surface area (Å²) in [6.45, 7) is 9.02. The summed E-state index contributed by atoms with van der Waals surface area (Å²) in [4.78, 5) is 0. The molecule has 0 heterocycles. The molecular weight excluding hydrogens is 266 g/mol. The van der Waals surface area contributed by atoms with E-state index in [4.69, 9.17) is 0 Å². The number of alkyl halides is 1. The van der Waals surface area contributed by atoms with Crippen molar-refractivity contribution in [2.45, 2.75) is 64.7 Å². The van der Waals surface area contributed by atoms with Crippen LogP contribution >= 0.6 is 7.92 Å². The third-order valence-corrected chi connectivity index (χ3v) is 7.34. The molecule has 0 aliphatic heterocycles. The van der Waals surface area contributed by atoms with Crippen LogP contribution in [0.15, 0.2) is 24.3 Å². The van der Waals surface area contributed by atoms with E-state index in [1.165, 1.54) is 32.1 Å². The molecule has 0 aromatic carbocycles. The Kier molecular flexibility index (Phi) is 8.03. The van der Waals surface area contributed by atoms with Crippen LogP contribution in [0.3, 0.4) is 0 Å². The van der Waals surface area contributed by atoms with Gasteiger partial charge in [-0.15, -0.1) is 0 Å². The molecule has 1 aliphatic carbocycles. The second-order valence-electron chi connectivity index (χ2n) is 6.44. The Bertz CT molecular complexity index is 323. The van der Waals surface area contributed by atoms with Crippen LogP contribution in [-0.4, -0.2) is 18.2 Å². The first-order valence-electron chi connectivity index (χ1n) is 8.26. The highest BCUT2D eigenvalue weighted by atomic mass is 31.1. The Balaban J connectivity index is 2.36. The number of hydrogen-bond acceptors (Lipinski definition) is 0. The first-order chi connectivity index (χ1) is 9.51. The van der Waals surface area contributed by atoms with Crippen molar-refractivity contribution in [1.29, 1.82) is 0 Å². The predicted octanol–water partition coefficient (Wildman–Crippen LogP) is 6.52. The number of hydrogen-bond donors (Lipinski definition) is 0. The highest BCUT2D eigenvalue weighted by Crippen LogP contribution is 2.53. The lowest BCUT2D eigenvalue weighted by molar-refractivity contribution is 0.345. The topological polar surface area (TPSA) is 0 Å². The molecule has 1 aliphatic rings. The van der Waals surface area contributed by atoms with Crippen molar-refractivity contribution in [3.05, 3.63) is 24.3 Å². The standard InChI is InChI=1S/C18H32FP/c1-5-10-17(6-2)12-11-16(3)15-20(4)18(19)13-8-7-9-14-18/h7-9,13,16-17H,5-6,10-12,14-15H2,1-4H3. The van der Waals surface area contributed by atoms with E-state index in [-0.39, 0.29) is 0 Å². The maximum absolute atomic E-state index is 14.8. The van der Waals surface area contributed by atoms with Crippen LogP contribution in [0.1, 0.15) is 59.3 Å². The third-order valence-electron chi connectivity index (χ3n) is 4.57. The maximum atomic E-state index is 14.8. The highest BCUT2D eigenvalue weighted by Gasteiger charge is 2.33. The molecule has 0 aromatic heterocycles. The lowest BCUT2D eigenvalue weighted by Crippen LogP contribution is -2.21. The molecule has 0 bridgehead atoms. The van der Waals surface area contributed by atoms with Gasteiger partial charge in [0, 0.05) is 6.42 Å². The summed E-state index contributed by atoms with van der Waals surface area (Å²) in [6, 6.07) is 0. The molecule has 0 fully saturated rings. The Labute approximate surface area is 126 Å². The van der Waals surface area contributed by atoms with Crippen molar-refractivity contribution in [3.8, 4) is 0 Å². The molecule has 0 saturated heterocycles. The van der Waals surface area contributed by atoms with Crippen molar-refractivity contribution in [1.82, 2.24) is 0 Å². The van der Waals surface area contributed by atoms with E-state index in [1.54, 1.807) is 6.08 Å². The first-order valence-corrected chi connectivity index (χ1v) is 10.2. The number of halogens is 1. The SMILES string of the molecule is CCCC(CC)CCC(C)CP(C)C1(F)C=CC=CC1. The molecule has 20 heavy (non-hydrogen) atoms. The number of rotatable bonds is 9. The summed E-state index contributed by atoms with van der Waals surface area (Å²) >= 11 is 0. The average molecular weight is 298 g/mol. The zero-order chi connectivity index (χ0) is 15.0. The van der Waals surface area contributed by atoms with Gasteiger partial charge in [-0.2, -0.15) is 0 Å². The van der Waals surface area contributed by atoms with Gasteiger partial charge in [-0.1, -0.05) is 79.0 Å². The van der Waals surface area contributed by atoms with Crippen molar-refractivity contribution in [2.24, 2.45) is 11.8 Å². The minimum absolute atomic E-state index is 0.568. The van der Waals surface area contributed by atoms with Gasteiger partial charge in [0.25, 0.3) is 0 Å². The van der Waals surface area contributed by atoms with Gasteiger partial charge in [-0.25, -0.2) is 4.39 Å². The summed E-state index contributed by atoms with van der Waals surface area (Å²) in [6.07, 6.45) is 15.8. The van der Waals surface area contributed by atoms with Crippen LogP contribution < -0.4 is 0 Å². The Morgan fingerprint density at radius 3 is 2.50 bits per heavy atom. The molecule has 116 valence electrons. The first kappa shape index (κ1) is 17.9. The van der Waals surface area contributed by atoms with Crippen molar-refractivity contribution >= 4 is 7.92 Å². The largest absolute Gasteiger partial charge is 0.234 e. The minimum atomic E-state index is -1.05. The Morgan fingerprint density at radius 1 is 1.20 bits per heavy atom. The van der Waals surface area contributed by atoms with E-state index < -0.39 is 13.3 Å². The van der Waals surface area contributed by atoms with Crippen LogP contribution in [0, 0.1) is 11.8 Å². The summed E-state index contributed by atoms with van der Waals surface area (Å²) in [5.41, 5.74) is 0. The lowest BCUT2D eigenvalue weighted by atomic mass is 9.92. The zero-order valence-electron chi connectivity index (χ0n) is 13.7. The van der Waals surface area contributed by atoms with Gasteiger partial charge >= 0.3 is 0 Å². The van der Waals surface area contributed by atoms with E-state index in [9.17, 15) is 4.39 Å². The van der Waals surface area contributed by atoms with Crippen molar-refractivity contribution < 1.29 is 4.39 Å². The van der Waals surface area contributed by atoms with Gasteiger partial charge in [0.1, 0.15) is 0 Å². The molecule has 4 atom stereocenters. The molecule has 0 radical (unpaired) electrons. The fourth-order valence-corrected chi connectivity index (χ4v) is 5.24. The summed E-state index contributed by atoms with van der Waals surface area (Å²) in [7, 11) is -0.568. The fraction of sp³-hybridized carbons (Fsp3) is 0.778. The summed E-state index contributed by atoms with van der Waals surface area (Å²) < 4.78 is 14.8. The Morgan fingerprint density at radius 2 is 1.95 bits per heavy atom. The van der Waals surface area contributed by atoms with E-state index in [0.29, 0.717) is 12.3 Å². The third kappa shape index (κ3) is 5.68. The van der Waals surface area contributed by atoms with Crippen LogP contribution in [0.2, 0.25) is 0 Å². The lowest BCUT2D eigenvalue weighted by Gasteiger charge is -2.31. The summed E-state index contributed by atoms with van der Waals surface area (Å²) in [5, 5.41) is -1.05. The molecule has 4 unspecified atom stereocenters. The van der Waals surface area contributed by atoms with Gasteiger partial charge in [0.05, 0.1) is 0 Å². The molecule has 0 spiro atoms. The van der Waals surface area contributed by atoms with Crippen molar-refractivity contribution in [2.75, 3.05) is 12.8 Å². The monoisotopic (exact) mass is 298 g/mol. The summed E-state index contributed by atoms with van der Waals surface area (Å²) in [5.74, 6) is 1.53. The van der Waals surface area contributed by atoms with Gasteiger partial charge in [0.15, 0.2) is 5.41 Å². The van der Waals surface area contributed by atoms with Crippen LogP contribution in [0.25, 0.3) is 0 Å². The molecule has 1 rings (SSSR count). The van der Waals surface area contributed by atoms with Gasteiger partial charge < -0.3 is 0 Å². The van der Waals surface area contributed by atoms with E-state index in [2.05, 4.69) is 27.4 Å². The molecule has 0 nitrogen and oxygen atoms in total. The fourth-order valence-electron chi connectivity index (χ4n) is 3.06. The predicted molar refractivity (Wildman–Crippen MR) is 91.5 cm³/mol. The van der Waals surface area contributed by atoms with E-state index in [0.717, 1.165) is 12.1 Å². The average Bonchev–Trinajstić information content (AvgIpc) is 2.44. The Hall–Kier alpha value is -0.160. The minimum Gasteiger partial charge on any atom is -0.234 e. The maximum Gasteiger partial charge on any atom is 0.150 e. The van der Waals surface area contributed by atoms with Gasteiger partial charge in [-0.05, 0) is 30.7 Å². The second kappa shape index (κ2) is 8.98. The molecular formula is C18H32FP. The van der Waals surface area contributed by atoms with E-state index >= 15 is 0 Å². The smallest absolute Gasteiger partial charge is 0.150 e. The zero-order valence-corrected chi connectivity index (χ0v) is 14.6. The van der Waals surface area contributed by atoms with E-state index in [1.807, 2.05) is 18.2 Å². The molecule has 0 aromatic rings. The van der Waals surface area contributed by atoms with Crippen molar-refractivity contribution in [3.63, 3.8) is 0 Å². The molecule has 2 heteroatoms. The van der Waals surface area contributed by atoms with Gasteiger partial charge in [0.2, 0.25) is 0 Å². The highest BCUT2D eigenvalue weighted by molar-refractivity contribution is 7.58.